The monoisotopic (exact) mass is 1470 g/mol. The van der Waals surface area contributed by atoms with Gasteiger partial charge in [-0.1, -0.05) is 30.3 Å². The van der Waals surface area contributed by atoms with E-state index in [-0.39, 0.29) is 22.2 Å². The van der Waals surface area contributed by atoms with Gasteiger partial charge >= 0.3 is 0 Å². The first-order chi connectivity index (χ1) is 53.3. The van der Waals surface area contributed by atoms with Gasteiger partial charge in [0.05, 0.1) is 55.6 Å². The van der Waals surface area contributed by atoms with Crippen molar-refractivity contribution < 1.29 is 4.42 Å². The van der Waals surface area contributed by atoms with E-state index in [1.807, 2.05) is 170 Å². The van der Waals surface area contributed by atoms with Crippen molar-refractivity contribution in [3.8, 4) is 22.7 Å². The lowest BCUT2D eigenvalue weighted by Gasteiger charge is -2.12. The van der Waals surface area contributed by atoms with Crippen molar-refractivity contribution >= 4 is 137 Å². The summed E-state index contributed by atoms with van der Waals surface area (Å²) in [5.74, 6) is 7.64. The van der Waals surface area contributed by atoms with Gasteiger partial charge in [-0.2, -0.15) is 40.3 Å². The molecule has 37 nitrogen and oxygen atoms in total. The van der Waals surface area contributed by atoms with E-state index in [1.54, 1.807) is 42.7 Å². The summed E-state index contributed by atoms with van der Waals surface area (Å²) < 4.78 is 5.36. The van der Waals surface area contributed by atoms with Crippen LogP contribution in [-0.4, -0.2) is 121 Å². The molecule has 0 bridgehead atoms. The van der Waals surface area contributed by atoms with Crippen molar-refractivity contribution in [2.75, 3.05) is 42.5 Å². The van der Waals surface area contributed by atoms with Gasteiger partial charge in [-0.25, -0.2) is 19.9 Å². The number of nitrogens with one attached hydrogen (secondary N) is 20. The lowest BCUT2D eigenvalue weighted by molar-refractivity contribution is 0.580. The number of hydrogen-bond donors (Lipinski definition) is 20. The van der Waals surface area contributed by atoms with Gasteiger partial charge in [-0.05, 0) is 139 Å². The van der Waals surface area contributed by atoms with E-state index >= 15 is 0 Å². The summed E-state index contributed by atoms with van der Waals surface area (Å²) in [4.78, 5) is 82.2. The Morgan fingerprint density at radius 1 is 0.309 bits per heavy atom. The Morgan fingerprint density at radius 2 is 0.682 bits per heavy atom. The maximum Gasteiger partial charge on any atom is 0.271 e. The van der Waals surface area contributed by atoms with Crippen LogP contribution in [0.15, 0.2) is 188 Å². The smallest absolute Gasteiger partial charge is 0.271 e. The summed E-state index contributed by atoms with van der Waals surface area (Å²) in [6, 6.07) is 48.2. The number of furan rings is 1. The van der Waals surface area contributed by atoms with Crippen molar-refractivity contribution in [3.05, 3.63) is 245 Å². The van der Waals surface area contributed by atoms with Gasteiger partial charge < -0.3 is 47.0 Å². The first kappa shape index (κ1) is 69.7. The highest BCUT2D eigenvalue weighted by atomic mass is 16.3. The molecule has 0 aliphatic carbocycles. The third kappa shape index (κ3) is 16.5. The summed E-state index contributed by atoms with van der Waals surface area (Å²) in [7, 11) is 0. The summed E-state index contributed by atoms with van der Waals surface area (Å²) in [6.07, 6.45) is 1.61. The van der Waals surface area contributed by atoms with Crippen molar-refractivity contribution in [1.82, 2.24) is 121 Å². The van der Waals surface area contributed by atoms with Gasteiger partial charge in [0.15, 0.2) is 29.0 Å². The average Bonchev–Trinajstić information content (AvgIpc) is 1.59. The predicted molar refractivity (Wildman–Crippen MR) is 421 cm³/mol. The van der Waals surface area contributed by atoms with Gasteiger partial charge in [0.25, 0.3) is 22.2 Å². The second-order valence-electron chi connectivity index (χ2n) is 25.2. The van der Waals surface area contributed by atoms with E-state index < -0.39 is 0 Å². The minimum atomic E-state index is -0.155. The first-order valence-corrected chi connectivity index (χ1v) is 34.0. The highest BCUT2D eigenvalue weighted by molar-refractivity contribution is 5.85. The fourth-order valence-corrected chi connectivity index (χ4v) is 11.4. The summed E-state index contributed by atoms with van der Waals surface area (Å²) >= 11 is 0. The fourth-order valence-electron chi connectivity index (χ4n) is 11.4. The Bertz CT molecular complexity index is 6560. The molecule has 110 heavy (non-hydrogen) atoms. The molecule has 20 N–H and O–H groups in total. The molecule has 0 saturated heterocycles. The standard InChI is InChI=1S/C21H18N8O.C19H16N8O2.C17H18N8O.C16H16N8O/c1-12-9-18(24-19-11-16(26-28-19)13-5-3-2-4-6-13)25-21(22-12)23-14-7-8-15-17(10-14)27-29-20(15)30;1-10-7-16(22-17-9-14(25-26-17)15-3-2-6-29-15)23-19(20-10)21-11-4-5-12-13(8-11)24-27-18(12)28;1-8-6-14(24-22-8)20-15-9(2)10(3)18-17(21-15)19-11-4-5-12-13(7-11)23-25-16(12)26;1-8-5-13(19-14-6-9(2)21-23-14)20-16(17-8)18-10-3-4-11-12(7-10)22-24-15(11)25/h2-11H,1H3,(H2,27,29,30)(H3,22,23,24,25,26,28);2-9H,1H3,(H2,24,27,28)(H3,20,21,22,23,25,26);4-7H,1-3H3,(H2,23,25,26)(H3,18,19,20,21,22,24);3-7H,1-2H3,(H2,22,24,25)(H3,17,18,19,20,21,23). The van der Waals surface area contributed by atoms with Crippen molar-refractivity contribution in [2.24, 2.45) is 0 Å². The molecule has 550 valence electrons. The molecule has 0 aliphatic rings. The van der Waals surface area contributed by atoms with Gasteiger partial charge in [-0.15, -0.1) is 0 Å². The van der Waals surface area contributed by atoms with Crippen molar-refractivity contribution in [1.29, 1.82) is 0 Å². The number of aromatic amines is 12. The van der Waals surface area contributed by atoms with Crippen LogP contribution < -0.4 is 64.8 Å². The number of benzene rings is 5. The minimum Gasteiger partial charge on any atom is -0.463 e. The topological polar surface area (TPSA) is 522 Å². The van der Waals surface area contributed by atoms with Crippen LogP contribution in [0.4, 0.5) is 93.1 Å². The van der Waals surface area contributed by atoms with E-state index in [2.05, 4.69) is 164 Å². The summed E-state index contributed by atoms with van der Waals surface area (Å²) in [5.41, 5.74) is 14.2. The summed E-state index contributed by atoms with van der Waals surface area (Å²) in [6.45, 7) is 13.4. The van der Waals surface area contributed by atoms with Crippen LogP contribution in [0.25, 0.3) is 66.3 Å². The molecule has 5 aromatic carbocycles. The Morgan fingerprint density at radius 3 is 1.07 bits per heavy atom. The van der Waals surface area contributed by atoms with Crippen LogP contribution in [-0.2, 0) is 0 Å². The lowest BCUT2D eigenvalue weighted by Crippen LogP contribution is -2.05. The molecular formula is C73H68N32O5. The molecule has 0 saturated carbocycles. The number of aromatic nitrogens is 24. The second kappa shape index (κ2) is 30.4. The summed E-state index contributed by atoms with van der Waals surface area (Å²) in [5, 5.41) is 77.9. The molecule has 0 unspecified atom stereocenters. The molecule has 0 fully saturated rings. The maximum atomic E-state index is 11.7. The lowest BCUT2D eigenvalue weighted by atomic mass is 10.2. The van der Waals surface area contributed by atoms with Crippen LogP contribution in [0.5, 0.6) is 0 Å². The van der Waals surface area contributed by atoms with Crippen LogP contribution in [0.2, 0.25) is 0 Å². The molecule has 13 heterocycles. The zero-order chi connectivity index (χ0) is 75.9. The molecule has 0 radical (unpaired) electrons. The van der Waals surface area contributed by atoms with E-state index in [4.69, 9.17) is 4.42 Å². The molecule has 18 rings (SSSR count). The molecular weight excluding hydrogens is 1410 g/mol. The van der Waals surface area contributed by atoms with E-state index in [9.17, 15) is 19.2 Å². The highest BCUT2D eigenvalue weighted by Crippen LogP contribution is 2.29. The molecule has 0 spiro atoms. The SMILES string of the molecule is Cc1cc(Nc2cc(-c3ccccc3)[nH]n2)nc(Nc2ccc3c(=O)[nH][nH]c3c2)n1.Cc1cc(Nc2cc(-c3ccco3)[nH]n2)nc(Nc2ccc3c(=O)[nH][nH]c3c2)n1.Cc1cc(Nc2cc(C)[nH]n2)nc(Nc2ccc3c(=O)[nH][nH]c3c2)n1.Cc1cc(Nc2nc(Nc3ccc4c(=O)[nH][nH]c4c3)nc(C)c2C)n[nH]1. The third-order valence-corrected chi connectivity index (χ3v) is 16.7. The maximum absolute atomic E-state index is 11.7. The Balaban J connectivity index is 0.000000117. The van der Waals surface area contributed by atoms with Crippen LogP contribution in [0.3, 0.4) is 0 Å². The van der Waals surface area contributed by atoms with Gasteiger partial charge in [0.1, 0.15) is 29.0 Å². The van der Waals surface area contributed by atoms with Crippen molar-refractivity contribution in [2.45, 2.75) is 48.5 Å². The number of H-pyrrole nitrogens is 12. The third-order valence-electron chi connectivity index (χ3n) is 16.7. The van der Waals surface area contributed by atoms with Crippen LogP contribution in [0, 0.1) is 48.5 Å². The molecule has 18 aromatic rings. The number of hydrogen-bond acceptors (Lipinski definition) is 25. The first-order valence-electron chi connectivity index (χ1n) is 34.0. The van der Waals surface area contributed by atoms with Gasteiger partial charge in [0.2, 0.25) is 23.8 Å². The molecule has 0 aliphatic heterocycles. The average molecular weight is 1470 g/mol. The minimum absolute atomic E-state index is 0.144. The van der Waals surface area contributed by atoms with E-state index in [0.29, 0.717) is 120 Å². The highest BCUT2D eigenvalue weighted by Gasteiger charge is 2.16. The van der Waals surface area contributed by atoms with Crippen molar-refractivity contribution in [3.63, 3.8) is 0 Å². The molecule has 0 atom stereocenters. The zero-order valence-electron chi connectivity index (χ0n) is 59.5. The molecule has 13 aromatic heterocycles. The van der Waals surface area contributed by atoms with E-state index in [0.717, 1.165) is 79.4 Å². The quantitative estimate of drug-likeness (QED) is 0.0379. The Hall–Kier alpha value is -16.0. The number of rotatable bonds is 18. The Labute approximate surface area is 618 Å². The van der Waals surface area contributed by atoms with Crippen LogP contribution >= 0.6 is 0 Å². The number of aryl methyl sites for hydroxylation is 6. The Kier molecular flexibility index (Phi) is 19.3. The fraction of sp³-hybridized carbons (Fsp3) is 0.0959. The number of anilines is 16. The van der Waals surface area contributed by atoms with Gasteiger partial charge in [0, 0.05) is 105 Å². The molecule has 0 amide bonds. The zero-order valence-corrected chi connectivity index (χ0v) is 59.5. The number of nitrogens with zero attached hydrogens (tertiary/aromatic N) is 12. The number of fused-ring (bicyclic) bond motifs is 4. The van der Waals surface area contributed by atoms with Crippen LogP contribution in [0.1, 0.15) is 39.7 Å². The molecule has 37 heteroatoms. The van der Waals surface area contributed by atoms with E-state index in [1.165, 1.54) is 0 Å². The normalized spacial score (nSPS) is 11.0. The van der Waals surface area contributed by atoms with Gasteiger partial charge in [-0.3, -0.25) is 80.4 Å². The second-order valence-corrected chi connectivity index (χ2v) is 25.2. The predicted octanol–water partition coefficient (Wildman–Crippen LogP) is 12.5. The largest absolute Gasteiger partial charge is 0.463 e.